The summed E-state index contributed by atoms with van der Waals surface area (Å²) in [5, 5.41) is 2.80. The predicted octanol–water partition coefficient (Wildman–Crippen LogP) is 1.71. The van der Waals surface area contributed by atoms with Gasteiger partial charge in [-0.3, -0.25) is 9.59 Å². The molecule has 5 nitrogen and oxygen atoms in total. The fraction of sp³-hybridized carbons (Fsp3) is 0.250. The summed E-state index contributed by atoms with van der Waals surface area (Å²) in [5.74, 6) is -0.0406. The van der Waals surface area contributed by atoms with Crippen LogP contribution in [0.5, 0.6) is 5.75 Å². The zero-order valence-electron chi connectivity index (χ0n) is 12.1. The molecule has 2 rings (SSSR count). The van der Waals surface area contributed by atoms with E-state index in [0.29, 0.717) is 18.8 Å². The highest BCUT2D eigenvalue weighted by Crippen LogP contribution is 2.06. The lowest BCUT2D eigenvalue weighted by Gasteiger charge is -2.11. The first kappa shape index (κ1) is 14.8. The van der Waals surface area contributed by atoms with Crippen LogP contribution in [0, 0.1) is 0 Å². The second-order valence-electron chi connectivity index (χ2n) is 4.60. The minimum absolute atomic E-state index is 0.250. The molecular weight excluding hydrogens is 268 g/mol. The lowest BCUT2D eigenvalue weighted by Crippen LogP contribution is -2.27. The summed E-state index contributed by atoms with van der Waals surface area (Å²) in [5.41, 5.74) is 1.01. The van der Waals surface area contributed by atoms with E-state index in [1.165, 1.54) is 12.3 Å². The number of pyridine rings is 1. The van der Waals surface area contributed by atoms with Crippen LogP contribution < -0.4 is 15.5 Å². The molecule has 1 heterocycles. The fourth-order valence-corrected chi connectivity index (χ4v) is 1.96. The molecule has 5 heteroatoms. The van der Waals surface area contributed by atoms with Crippen molar-refractivity contribution < 1.29 is 9.53 Å². The summed E-state index contributed by atoms with van der Waals surface area (Å²) in [6.45, 7) is 2.63. The highest BCUT2D eigenvalue weighted by atomic mass is 16.5. The van der Waals surface area contributed by atoms with Crippen molar-refractivity contribution in [3.63, 3.8) is 0 Å². The Morgan fingerprint density at radius 1 is 1.29 bits per heavy atom. The van der Waals surface area contributed by atoms with E-state index in [-0.39, 0.29) is 17.1 Å². The zero-order chi connectivity index (χ0) is 15.2. The van der Waals surface area contributed by atoms with E-state index in [4.69, 9.17) is 4.74 Å². The number of amides is 1. The molecule has 1 aromatic heterocycles. The molecule has 0 atom stereocenters. The second kappa shape index (κ2) is 6.74. The molecule has 0 unspecified atom stereocenters. The second-order valence-corrected chi connectivity index (χ2v) is 4.60. The summed E-state index contributed by atoms with van der Waals surface area (Å²) < 4.78 is 6.81. The number of hydrogen-bond donors (Lipinski definition) is 1. The lowest BCUT2D eigenvalue weighted by atomic mass is 10.2. The van der Waals surface area contributed by atoms with Crippen molar-refractivity contribution in [2.75, 3.05) is 6.61 Å². The van der Waals surface area contributed by atoms with Crippen LogP contribution in [0.4, 0.5) is 0 Å². The van der Waals surface area contributed by atoms with Gasteiger partial charge in [-0.15, -0.1) is 0 Å². The van der Waals surface area contributed by atoms with Gasteiger partial charge in [0.25, 0.3) is 5.91 Å². The Bertz CT molecular complexity index is 678. The van der Waals surface area contributed by atoms with E-state index in [9.17, 15) is 9.59 Å². The molecule has 0 aliphatic carbocycles. The van der Waals surface area contributed by atoms with E-state index in [2.05, 4.69) is 5.32 Å². The van der Waals surface area contributed by atoms with Gasteiger partial charge >= 0.3 is 0 Å². The Morgan fingerprint density at radius 2 is 2.00 bits per heavy atom. The van der Waals surface area contributed by atoms with Gasteiger partial charge in [0.1, 0.15) is 5.69 Å². The van der Waals surface area contributed by atoms with Crippen LogP contribution >= 0.6 is 0 Å². The first-order valence-electron chi connectivity index (χ1n) is 6.77. The lowest BCUT2D eigenvalue weighted by molar-refractivity contribution is 0.0941. The molecule has 0 saturated carbocycles. The van der Waals surface area contributed by atoms with Crippen molar-refractivity contribution in [3.8, 4) is 5.75 Å². The predicted molar refractivity (Wildman–Crippen MR) is 80.5 cm³/mol. The first-order chi connectivity index (χ1) is 10.1. The molecule has 0 saturated heterocycles. The molecule has 0 bridgehead atoms. The summed E-state index contributed by atoms with van der Waals surface area (Å²) in [6, 6.07) is 10.9. The minimum atomic E-state index is -0.292. The van der Waals surface area contributed by atoms with Crippen LogP contribution in [0.3, 0.4) is 0 Å². The van der Waals surface area contributed by atoms with Crippen molar-refractivity contribution in [2.24, 2.45) is 7.05 Å². The van der Waals surface area contributed by atoms with Crippen molar-refractivity contribution in [1.29, 1.82) is 0 Å². The van der Waals surface area contributed by atoms with Gasteiger partial charge in [0.2, 0.25) is 5.43 Å². The highest BCUT2D eigenvalue weighted by Gasteiger charge is 2.12. The molecule has 2 aromatic rings. The van der Waals surface area contributed by atoms with E-state index in [1.54, 1.807) is 18.5 Å². The molecule has 1 N–H and O–H groups in total. The van der Waals surface area contributed by atoms with Gasteiger partial charge in [-0.1, -0.05) is 30.3 Å². The Morgan fingerprint density at radius 3 is 2.67 bits per heavy atom. The maximum atomic E-state index is 12.1. The van der Waals surface area contributed by atoms with Gasteiger partial charge in [0.05, 0.1) is 12.8 Å². The molecule has 0 radical (unpaired) electrons. The maximum Gasteiger partial charge on any atom is 0.268 e. The summed E-state index contributed by atoms with van der Waals surface area (Å²) in [4.78, 5) is 24.0. The molecule has 0 spiro atoms. The van der Waals surface area contributed by atoms with E-state index in [0.717, 1.165) is 5.56 Å². The van der Waals surface area contributed by atoms with Crippen LogP contribution in [-0.4, -0.2) is 17.1 Å². The number of aryl methyl sites for hydroxylation is 1. The van der Waals surface area contributed by atoms with Crippen molar-refractivity contribution >= 4 is 5.91 Å². The minimum Gasteiger partial charge on any atom is -0.488 e. The summed E-state index contributed by atoms with van der Waals surface area (Å²) in [6.07, 6.45) is 1.53. The SMILES string of the molecule is CCOc1cn(C)c(C(=O)NCc2ccccc2)cc1=O. The third kappa shape index (κ3) is 3.72. The molecule has 1 amide bonds. The Balaban J connectivity index is 2.12. The molecule has 0 aliphatic rings. The first-order valence-corrected chi connectivity index (χ1v) is 6.77. The van der Waals surface area contributed by atoms with Crippen LogP contribution in [0.25, 0.3) is 0 Å². The van der Waals surface area contributed by atoms with Crippen LogP contribution in [-0.2, 0) is 13.6 Å². The van der Waals surface area contributed by atoms with Crippen LogP contribution in [0.1, 0.15) is 23.0 Å². The number of nitrogens with zero attached hydrogens (tertiary/aromatic N) is 1. The standard InChI is InChI=1S/C16H18N2O3/c1-3-21-15-11-18(2)13(9-14(15)19)16(20)17-10-12-7-5-4-6-8-12/h4-9,11H,3,10H2,1-2H3,(H,17,20). The smallest absolute Gasteiger partial charge is 0.268 e. The fourth-order valence-electron chi connectivity index (χ4n) is 1.96. The molecule has 110 valence electrons. The van der Waals surface area contributed by atoms with Gasteiger partial charge < -0.3 is 14.6 Å². The van der Waals surface area contributed by atoms with Crippen molar-refractivity contribution in [3.05, 3.63) is 64.1 Å². The van der Waals surface area contributed by atoms with E-state index < -0.39 is 0 Å². The number of carbonyl (C=O) groups excluding carboxylic acids is 1. The van der Waals surface area contributed by atoms with Gasteiger partial charge in [-0.05, 0) is 12.5 Å². The summed E-state index contributed by atoms with van der Waals surface area (Å²) >= 11 is 0. The van der Waals surface area contributed by atoms with Crippen LogP contribution in [0.15, 0.2) is 47.4 Å². The highest BCUT2D eigenvalue weighted by molar-refractivity contribution is 5.92. The third-order valence-electron chi connectivity index (χ3n) is 3.03. The van der Waals surface area contributed by atoms with Crippen molar-refractivity contribution in [2.45, 2.75) is 13.5 Å². The normalized spacial score (nSPS) is 10.2. The quantitative estimate of drug-likeness (QED) is 0.910. The largest absolute Gasteiger partial charge is 0.488 e. The Kier molecular flexibility index (Phi) is 4.77. The maximum absolute atomic E-state index is 12.1. The average molecular weight is 286 g/mol. The topological polar surface area (TPSA) is 60.3 Å². The number of aromatic nitrogens is 1. The molecular formula is C16H18N2O3. The zero-order valence-corrected chi connectivity index (χ0v) is 12.1. The number of carbonyl (C=O) groups is 1. The third-order valence-corrected chi connectivity index (χ3v) is 3.03. The van der Waals surface area contributed by atoms with Gasteiger partial charge in [-0.25, -0.2) is 0 Å². The number of benzene rings is 1. The van der Waals surface area contributed by atoms with Crippen LogP contribution in [0.2, 0.25) is 0 Å². The van der Waals surface area contributed by atoms with Gasteiger partial charge in [0, 0.05) is 19.7 Å². The number of nitrogens with one attached hydrogen (secondary N) is 1. The number of hydrogen-bond acceptors (Lipinski definition) is 3. The molecule has 1 aromatic carbocycles. The van der Waals surface area contributed by atoms with Crippen molar-refractivity contribution in [1.82, 2.24) is 9.88 Å². The molecule has 0 aliphatic heterocycles. The Hall–Kier alpha value is -2.56. The monoisotopic (exact) mass is 286 g/mol. The number of rotatable bonds is 5. The average Bonchev–Trinajstić information content (AvgIpc) is 2.49. The molecule has 21 heavy (non-hydrogen) atoms. The van der Waals surface area contributed by atoms with E-state index >= 15 is 0 Å². The summed E-state index contributed by atoms with van der Waals surface area (Å²) in [7, 11) is 1.71. The number of ether oxygens (including phenoxy) is 1. The molecule has 0 fully saturated rings. The van der Waals surface area contributed by atoms with E-state index in [1.807, 2.05) is 30.3 Å². The van der Waals surface area contributed by atoms with Gasteiger partial charge in [0.15, 0.2) is 5.75 Å². The Labute approximate surface area is 123 Å². The van der Waals surface area contributed by atoms with Gasteiger partial charge in [-0.2, -0.15) is 0 Å².